The fourth-order valence-electron chi connectivity index (χ4n) is 4.09. The van der Waals surface area contributed by atoms with Gasteiger partial charge in [-0.1, -0.05) is 11.3 Å². The highest BCUT2D eigenvalue weighted by molar-refractivity contribution is 7.15. The zero-order chi connectivity index (χ0) is 19.9. The molecule has 4 nitrogen and oxygen atoms in total. The van der Waals surface area contributed by atoms with E-state index in [0.717, 1.165) is 38.1 Å². The molecule has 0 aliphatic carbocycles. The van der Waals surface area contributed by atoms with E-state index in [-0.39, 0.29) is 11.9 Å². The van der Waals surface area contributed by atoms with E-state index >= 15 is 0 Å². The highest BCUT2D eigenvalue weighted by Crippen LogP contribution is 2.35. The Labute approximate surface area is 165 Å². The van der Waals surface area contributed by atoms with Gasteiger partial charge >= 0.3 is 6.18 Å². The summed E-state index contributed by atoms with van der Waals surface area (Å²) in [4.78, 5) is 15.6. The number of piperidine rings is 3. The normalized spacial score (nSPS) is 26.9. The molecule has 5 rings (SSSR count). The van der Waals surface area contributed by atoms with E-state index < -0.39 is 11.7 Å². The first-order chi connectivity index (χ1) is 13.3. The average Bonchev–Trinajstić information content (AvgIpc) is 3.13. The quantitative estimate of drug-likeness (QED) is 0.789. The highest BCUT2D eigenvalue weighted by atomic mass is 32.1. The van der Waals surface area contributed by atoms with Crippen LogP contribution in [0.3, 0.4) is 0 Å². The first kappa shape index (κ1) is 19.3. The van der Waals surface area contributed by atoms with E-state index in [4.69, 9.17) is 4.74 Å². The summed E-state index contributed by atoms with van der Waals surface area (Å²) in [5, 5.41) is 3.63. The zero-order valence-electron chi connectivity index (χ0n) is 15.3. The number of hydrogen-bond donors (Lipinski definition) is 1. The van der Waals surface area contributed by atoms with Crippen molar-refractivity contribution in [3.8, 4) is 10.8 Å². The van der Waals surface area contributed by atoms with E-state index in [1.54, 1.807) is 12.1 Å². The van der Waals surface area contributed by atoms with Crippen LogP contribution in [0.25, 0.3) is 0 Å². The second-order valence-electron chi connectivity index (χ2n) is 7.36. The van der Waals surface area contributed by atoms with Crippen LogP contribution in [0.5, 0.6) is 10.8 Å². The Morgan fingerprint density at radius 2 is 1.82 bits per heavy atom. The van der Waals surface area contributed by atoms with Crippen LogP contribution in [-0.2, 0) is 6.18 Å². The van der Waals surface area contributed by atoms with Crippen LogP contribution >= 0.6 is 11.3 Å². The van der Waals surface area contributed by atoms with Crippen LogP contribution in [0, 0.1) is 5.92 Å². The van der Waals surface area contributed by atoms with E-state index in [1.165, 1.54) is 23.5 Å². The maximum absolute atomic E-state index is 12.7. The van der Waals surface area contributed by atoms with Crippen molar-refractivity contribution in [3.05, 3.63) is 46.8 Å². The first-order valence-electron chi connectivity index (χ1n) is 9.31. The van der Waals surface area contributed by atoms with Gasteiger partial charge in [-0.25, -0.2) is 0 Å². The van der Waals surface area contributed by atoms with Crippen molar-refractivity contribution < 1.29 is 22.7 Å². The number of nitrogens with zero attached hydrogens (tertiary/aromatic N) is 1. The number of ether oxygens (including phenoxy) is 1. The number of benzene rings is 1. The minimum absolute atomic E-state index is 0.127. The number of hydrogen-bond acceptors (Lipinski definition) is 4. The van der Waals surface area contributed by atoms with E-state index in [9.17, 15) is 18.0 Å². The molecule has 0 unspecified atom stereocenters. The van der Waals surface area contributed by atoms with E-state index in [1.807, 2.05) is 0 Å². The number of nitrogens with one attached hydrogen (secondary N) is 1. The Balaban J connectivity index is 1.39. The summed E-state index contributed by atoms with van der Waals surface area (Å²) < 4.78 is 43.5. The summed E-state index contributed by atoms with van der Waals surface area (Å²) in [5.74, 6) is 0.692. The monoisotopic (exact) mass is 410 g/mol. The summed E-state index contributed by atoms with van der Waals surface area (Å²) in [6.45, 7) is 4.36. The lowest BCUT2D eigenvalue weighted by Crippen LogP contribution is -2.62. The molecule has 1 aromatic carbocycles. The fraction of sp³-hybridized carbons (Fsp3) is 0.450. The van der Waals surface area contributed by atoms with Crippen molar-refractivity contribution in [2.24, 2.45) is 5.92 Å². The van der Waals surface area contributed by atoms with Crippen molar-refractivity contribution in [2.45, 2.75) is 38.0 Å². The molecule has 2 bridgehead atoms. The maximum atomic E-state index is 12.7. The number of amides is 1. The SMILES string of the molecule is C[C@H]1[C@H](NC(=O)c2ccc(Oc3ccc(C(F)(F)F)cc3)s2)C2CCN1CC2. The minimum atomic E-state index is -4.38. The molecule has 3 fully saturated rings. The molecule has 150 valence electrons. The van der Waals surface area contributed by atoms with Crippen LogP contribution in [0.1, 0.15) is 35.0 Å². The van der Waals surface area contributed by atoms with Crippen molar-refractivity contribution in [3.63, 3.8) is 0 Å². The summed E-state index contributed by atoms with van der Waals surface area (Å²) in [6.07, 6.45) is -2.15. The third kappa shape index (κ3) is 3.89. The highest BCUT2D eigenvalue weighted by Gasteiger charge is 2.40. The van der Waals surface area contributed by atoms with Gasteiger partial charge in [-0.2, -0.15) is 13.2 Å². The van der Waals surface area contributed by atoms with Crippen LogP contribution in [0.15, 0.2) is 36.4 Å². The number of fused-ring (bicyclic) bond motifs is 3. The molecule has 2 atom stereocenters. The van der Waals surface area contributed by atoms with Gasteiger partial charge in [0.05, 0.1) is 10.4 Å². The molecular formula is C20H21F3N2O2S. The Morgan fingerprint density at radius 3 is 2.43 bits per heavy atom. The van der Waals surface area contributed by atoms with Gasteiger partial charge in [-0.15, -0.1) is 0 Å². The molecule has 0 spiro atoms. The fourth-order valence-corrected chi connectivity index (χ4v) is 4.87. The lowest BCUT2D eigenvalue weighted by Gasteiger charge is -2.49. The molecule has 8 heteroatoms. The van der Waals surface area contributed by atoms with E-state index in [0.29, 0.717) is 27.6 Å². The molecule has 3 aliphatic heterocycles. The Kier molecular flexibility index (Phi) is 5.09. The van der Waals surface area contributed by atoms with Gasteiger partial charge in [0.15, 0.2) is 5.06 Å². The van der Waals surface area contributed by atoms with Crippen LogP contribution < -0.4 is 10.1 Å². The molecule has 0 saturated carbocycles. The maximum Gasteiger partial charge on any atom is 0.416 e. The smallest absolute Gasteiger partial charge is 0.416 e. The Hall–Kier alpha value is -2.06. The second kappa shape index (κ2) is 7.40. The molecule has 1 aromatic heterocycles. The number of halogens is 3. The van der Waals surface area contributed by atoms with Gasteiger partial charge < -0.3 is 10.1 Å². The molecule has 3 aliphatic rings. The number of rotatable bonds is 4. The summed E-state index contributed by atoms with van der Waals surface area (Å²) in [7, 11) is 0. The molecule has 1 amide bonds. The number of carbonyl (C=O) groups is 1. The average molecular weight is 410 g/mol. The lowest BCUT2D eigenvalue weighted by molar-refractivity contribution is -0.137. The molecule has 28 heavy (non-hydrogen) atoms. The van der Waals surface area contributed by atoms with Crippen molar-refractivity contribution in [2.75, 3.05) is 13.1 Å². The summed E-state index contributed by atoms with van der Waals surface area (Å²) in [5.41, 5.74) is -0.724. The molecule has 2 aromatic rings. The van der Waals surface area contributed by atoms with Gasteiger partial charge in [0, 0.05) is 12.1 Å². The molecule has 4 heterocycles. The van der Waals surface area contributed by atoms with Crippen LogP contribution in [-0.4, -0.2) is 36.0 Å². The van der Waals surface area contributed by atoms with Crippen LogP contribution in [0.2, 0.25) is 0 Å². The third-order valence-corrected chi connectivity index (χ3v) is 6.64. The second-order valence-corrected chi connectivity index (χ2v) is 8.40. The standard InChI is InChI=1S/C20H21F3N2O2S/c1-12-18(13-8-10-25(12)11-9-13)24-19(26)16-6-7-17(28-16)27-15-4-2-14(3-5-15)20(21,22)23/h2-7,12-13,18H,8-11H2,1H3,(H,24,26)/t12-,18-/m0/s1. The van der Waals surface area contributed by atoms with Crippen molar-refractivity contribution in [1.82, 2.24) is 10.2 Å². The predicted octanol–water partition coefficient (Wildman–Crippen LogP) is 4.77. The van der Waals surface area contributed by atoms with Gasteiger partial charge in [0.25, 0.3) is 5.91 Å². The summed E-state index contributed by atoms with van der Waals surface area (Å²) >= 11 is 1.19. The molecular weight excluding hydrogens is 389 g/mol. The number of carbonyl (C=O) groups excluding carboxylic acids is 1. The van der Waals surface area contributed by atoms with Crippen molar-refractivity contribution >= 4 is 17.2 Å². The summed E-state index contributed by atoms with van der Waals surface area (Å²) in [6, 6.07) is 8.34. The third-order valence-electron chi connectivity index (χ3n) is 5.68. The Morgan fingerprint density at radius 1 is 1.14 bits per heavy atom. The largest absolute Gasteiger partial charge is 0.447 e. The van der Waals surface area contributed by atoms with Gasteiger partial charge in [-0.3, -0.25) is 9.69 Å². The zero-order valence-corrected chi connectivity index (χ0v) is 16.1. The van der Waals surface area contributed by atoms with Gasteiger partial charge in [-0.05, 0) is 75.2 Å². The van der Waals surface area contributed by atoms with Gasteiger partial charge in [0.1, 0.15) is 5.75 Å². The lowest BCUT2D eigenvalue weighted by atomic mass is 9.79. The van der Waals surface area contributed by atoms with Crippen molar-refractivity contribution in [1.29, 1.82) is 0 Å². The predicted molar refractivity (Wildman–Crippen MR) is 101 cm³/mol. The number of alkyl halides is 3. The molecule has 1 N–H and O–H groups in total. The Bertz CT molecular complexity index is 840. The van der Waals surface area contributed by atoms with Crippen LogP contribution in [0.4, 0.5) is 13.2 Å². The molecule has 3 saturated heterocycles. The topological polar surface area (TPSA) is 41.6 Å². The minimum Gasteiger partial charge on any atom is -0.447 e. The van der Waals surface area contributed by atoms with E-state index in [2.05, 4.69) is 17.1 Å². The first-order valence-corrected chi connectivity index (χ1v) is 10.1. The van der Waals surface area contributed by atoms with Gasteiger partial charge in [0.2, 0.25) is 0 Å². The number of thiophene rings is 1. The molecule has 0 radical (unpaired) electrons.